The van der Waals surface area contributed by atoms with E-state index in [0.29, 0.717) is 0 Å². The highest BCUT2D eigenvalue weighted by molar-refractivity contribution is 4.50. The summed E-state index contributed by atoms with van der Waals surface area (Å²) >= 11 is 0. The highest BCUT2D eigenvalue weighted by Gasteiger charge is 2.43. The maximum Gasteiger partial charge on any atom is 0.446 e. The molecule has 0 aliphatic heterocycles. The molecule has 0 saturated carbocycles. The van der Waals surface area contributed by atoms with E-state index in [0.717, 1.165) is 0 Å². The summed E-state index contributed by atoms with van der Waals surface area (Å²) in [6, 6.07) is 0. The summed E-state index contributed by atoms with van der Waals surface area (Å²) < 4.78 is 53.5. The van der Waals surface area contributed by atoms with Crippen molar-refractivity contribution in [1.82, 2.24) is 0 Å². The Hall–Kier alpha value is -0.390. The van der Waals surface area contributed by atoms with Crippen LogP contribution in [-0.2, 0) is 4.94 Å². The first kappa shape index (κ1) is 7.61. The highest BCUT2D eigenvalue weighted by atomic mass is 19.4. The van der Waals surface area contributed by atoms with Crippen molar-refractivity contribution in [2.75, 3.05) is 0 Å². The molecule has 0 atom stereocenters. The molecule has 0 aromatic carbocycles. The van der Waals surface area contributed by atoms with Crippen LogP contribution in [0.2, 0.25) is 0 Å². The molecular weight excluding hydrogens is 135 g/mol. The van der Waals surface area contributed by atoms with Gasteiger partial charge in [0, 0.05) is 0 Å². The fraction of sp³-hybridized carbons (Fsp3) is 1.00. The Labute approximate surface area is 40.9 Å². The van der Waals surface area contributed by atoms with E-state index in [1.807, 2.05) is 0 Å². The summed E-state index contributed by atoms with van der Waals surface area (Å²) in [6.45, 7) is 0. The average Bonchev–Trinajstić information content (AvgIpc) is 1.67. The Morgan fingerprint density at radius 1 is 1.25 bits per heavy atom. The van der Waals surface area contributed by atoms with Gasteiger partial charge in [-0.1, -0.05) is 0 Å². The molecule has 0 fully saturated rings. The first-order valence-corrected chi connectivity index (χ1v) is 1.46. The molecule has 0 bridgehead atoms. The van der Waals surface area contributed by atoms with E-state index < -0.39 is 12.5 Å². The Bertz CT molecular complexity index is 70.8. The topological polar surface area (TPSA) is 9.23 Å². The number of hydrogen-bond donors (Lipinski definition) is 0. The van der Waals surface area contributed by atoms with Gasteiger partial charge in [0.2, 0.25) is 0 Å². The molecule has 0 amide bonds. The van der Waals surface area contributed by atoms with E-state index in [2.05, 4.69) is 0 Å². The van der Waals surface area contributed by atoms with Crippen molar-refractivity contribution in [2.24, 2.45) is 0 Å². The van der Waals surface area contributed by atoms with Crippen molar-refractivity contribution in [2.45, 2.75) is 12.5 Å². The third-order valence-corrected chi connectivity index (χ3v) is 0.357. The summed E-state index contributed by atoms with van der Waals surface area (Å²) in [5.41, 5.74) is 0. The Kier molecular flexibility index (Phi) is 2.14. The molecule has 0 aromatic heterocycles. The Balaban J connectivity index is 3.71. The monoisotopic (exact) mass is 136 g/mol. The number of alkyl halides is 4. The maximum absolute atomic E-state index is 10.9. The quantitative estimate of drug-likeness (QED) is 0.525. The lowest BCUT2D eigenvalue weighted by Gasteiger charge is -2.06. The summed E-state index contributed by atoms with van der Waals surface area (Å²) in [6.07, 6.45) is -9.08. The van der Waals surface area contributed by atoms with E-state index in [9.17, 15) is 22.1 Å². The third kappa shape index (κ3) is 1.61. The van der Waals surface area contributed by atoms with Gasteiger partial charge in [-0.3, -0.25) is 0 Å². The highest BCUT2D eigenvalue weighted by Crippen LogP contribution is 2.23. The molecule has 0 saturated heterocycles. The van der Waals surface area contributed by atoms with Gasteiger partial charge in [-0.25, -0.2) is 8.78 Å². The summed E-state index contributed by atoms with van der Waals surface area (Å²) in [4.78, 5) is 1.62. The molecule has 0 N–H and O–H groups in total. The fourth-order valence-electron chi connectivity index (χ4n) is 0.0337. The third-order valence-electron chi connectivity index (χ3n) is 0.357. The summed E-state index contributed by atoms with van der Waals surface area (Å²) in [5, 5.41) is 0. The van der Waals surface area contributed by atoms with E-state index in [4.69, 9.17) is 0 Å². The summed E-state index contributed by atoms with van der Waals surface area (Å²) in [5.74, 6) is 0. The lowest BCUT2D eigenvalue weighted by atomic mass is 10.7. The van der Waals surface area contributed by atoms with E-state index in [-0.39, 0.29) is 0 Å². The molecule has 0 spiro atoms. The van der Waals surface area contributed by atoms with Crippen LogP contribution in [0, 0.1) is 0 Å². The van der Waals surface area contributed by atoms with Crippen molar-refractivity contribution < 1.29 is 27.0 Å². The number of halogens is 5. The number of rotatable bonds is 2. The maximum atomic E-state index is 10.9. The minimum Gasteiger partial charge on any atom is -0.200 e. The van der Waals surface area contributed by atoms with Gasteiger partial charge in [0.05, 0.1) is 0 Å². The predicted octanol–water partition coefficient (Wildman–Crippen LogP) is 1.75. The first-order chi connectivity index (χ1) is 3.50. The van der Waals surface area contributed by atoms with Crippen LogP contribution in [0.1, 0.15) is 0 Å². The molecule has 6 heteroatoms. The van der Waals surface area contributed by atoms with Crippen molar-refractivity contribution >= 4 is 0 Å². The predicted molar refractivity (Wildman–Crippen MR) is 13.1 cm³/mol. The minimum absolute atomic E-state index is 1.62. The second-order valence-electron chi connectivity index (χ2n) is 0.940. The molecule has 50 valence electrons. The van der Waals surface area contributed by atoms with Gasteiger partial charge in [0.25, 0.3) is 0 Å². The van der Waals surface area contributed by atoms with Gasteiger partial charge >= 0.3 is 12.5 Å². The smallest absolute Gasteiger partial charge is 0.200 e. The van der Waals surface area contributed by atoms with Gasteiger partial charge in [-0.05, 0) is 4.53 Å². The van der Waals surface area contributed by atoms with Crippen LogP contribution in [0.5, 0.6) is 0 Å². The lowest BCUT2D eigenvalue weighted by Crippen LogP contribution is -2.26. The van der Waals surface area contributed by atoms with Gasteiger partial charge in [-0.15, -0.1) is 4.94 Å². The van der Waals surface area contributed by atoms with Crippen LogP contribution in [-0.4, -0.2) is 12.5 Å². The molecule has 0 unspecified atom stereocenters. The second kappa shape index (κ2) is 2.25. The molecule has 0 rings (SSSR count). The molecule has 0 aliphatic carbocycles. The van der Waals surface area contributed by atoms with Crippen LogP contribution in [0.15, 0.2) is 0 Å². The molecular formula is C2HF5O. The SMILES string of the molecule is FOC(F)(F)C(F)F. The van der Waals surface area contributed by atoms with Crippen LogP contribution in [0.4, 0.5) is 22.1 Å². The van der Waals surface area contributed by atoms with Gasteiger partial charge < -0.3 is 0 Å². The van der Waals surface area contributed by atoms with Gasteiger partial charge in [0.1, 0.15) is 0 Å². The second-order valence-corrected chi connectivity index (χ2v) is 0.940. The van der Waals surface area contributed by atoms with E-state index in [1.54, 1.807) is 4.94 Å². The number of hydrogen-bond acceptors (Lipinski definition) is 1. The van der Waals surface area contributed by atoms with Gasteiger partial charge in [0.15, 0.2) is 0 Å². The van der Waals surface area contributed by atoms with Gasteiger partial charge in [-0.2, -0.15) is 8.78 Å². The van der Waals surface area contributed by atoms with E-state index in [1.165, 1.54) is 0 Å². The molecule has 0 aromatic rings. The Morgan fingerprint density at radius 3 is 1.62 bits per heavy atom. The zero-order chi connectivity index (χ0) is 6.78. The molecule has 8 heavy (non-hydrogen) atoms. The molecule has 0 radical (unpaired) electrons. The van der Waals surface area contributed by atoms with Crippen LogP contribution in [0.25, 0.3) is 0 Å². The standard InChI is InChI=1S/C2HF5O/c3-1(4)2(5,6)8-7/h1H. The molecule has 0 aliphatic rings. The van der Waals surface area contributed by atoms with Crippen molar-refractivity contribution in [3.8, 4) is 0 Å². The van der Waals surface area contributed by atoms with Crippen LogP contribution < -0.4 is 0 Å². The Morgan fingerprint density at radius 2 is 1.62 bits per heavy atom. The summed E-state index contributed by atoms with van der Waals surface area (Å²) in [7, 11) is 0. The molecule has 0 heterocycles. The van der Waals surface area contributed by atoms with Crippen LogP contribution >= 0.6 is 0 Å². The zero-order valence-electron chi connectivity index (χ0n) is 3.38. The van der Waals surface area contributed by atoms with Crippen molar-refractivity contribution in [3.05, 3.63) is 0 Å². The molecule has 1 nitrogen and oxygen atoms in total. The average molecular weight is 136 g/mol. The van der Waals surface area contributed by atoms with Crippen molar-refractivity contribution in [1.29, 1.82) is 0 Å². The zero-order valence-corrected chi connectivity index (χ0v) is 3.38. The first-order valence-electron chi connectivity index (χ1n) is 1.46. The van der Waals surface area contributed by atoms with Crippen LogP contribution in [0.3, 0.4) is 0 Å². The largest absolute Gasteiger partial charge is 0.446 e. The minimum atomic E-state index is -4.96. The van der Waals surface area contributed by atoms with E-state index >= 15 is 0 Å². The lowest BCUT2D eigenvalue weighted by molar-refractivity contribution is -0.392. The van der Waals surface area contributed by atoms with Crippen molar-refractivity contribution in [3.63, 3.8) is 0 Å². The normalized spacial score (nSPS) is 12.8. The fourth-order valence-corrected chi connectivity index (χ4v) is 0.0337.